The number of rotatable bonds is 3. The summed E-state index contributed by atoms with van der Waals surface area (Å²) in [5.41, 5.74) is 8.15. The highest BCUT2D eigenvalue weighted by Crippen LogP contribution is 2.32. The number of aromatic nitrogens is 2. The molecule has 0 aliphatic carbocycles. The van der Waals surface area contributed by atoms with E-state index in [1.807, 2.05) is 31.2 Å². The van der Waals surface area contributed by atoms with Gasteiger partial charge in [0.2, 0.25) is 6.79 Å². The minimum atomic E-state index is -0.463. The van der Waals surface area contributed by atoms with Crippen molar-refractivity contribution in [1.82, 2.24) is 20.6 Å². The molecule has 0 unspecified atom stereocenters. The molecule has 0 saturated carbocycles. The first kappa shape index (κ1) is 17.6. The molecule has 0 radical (unpaired) electrons. The molecular formula is C20H18N4O4. The monoisotopic (exact) mass is 378 g/mol. The normalized spacial score (nSPS) is 11.9. The second kappa shape index (κ2) is 7.07. The molecule has 0 fully saturated rings. The third kappa shape index (κ3) is 3.27. The third-order valence-electron chi connectivity index (χ3n) is 4.42. The molecule has 142 valence electrons. The molecule has 0 atom stereocenters. The molecule has 1 aliphatic rings. The number of carbonyl (C=O) groups is 2. The van der Waals surface area contributed by atoms with Crippen LogP contribution in [-0.2, 0) is 0 Å². The maximum absolute atomic E-state index is 12.5. The summed E-state index contributed by atoms with van der Waals surface area (Å²) in [5, 5.41) is 4.29. The van der Waals surface area contributed by atoms with E-state index in [4.69, 9.17) is 9.47 Å². The Labute approximate surface area is 161 Å². The van der Waals surface area contributed by atoms with Gasteiger partial charge in [-0.3, -0.25) is 20.4 Å². The summed E-state index contributed by atoms with van der Waals surface area (Å²) in [6.07, 6.45) is 1.47. The highest BCUT2D eigenvalue weighted by atomic mass is 16.7. The van der Waals surface area contributed by atoms with Crippen molar-refractivity contribution < 1.29 is 19.1 Å². The maximum atomic E-state index is 12.5. The summed E-state index contributed by atoms with van der Waals surface area (Å²) < 4.78 is 12.2. The Morgan fingerprint density at radius 2 is 1.79 bits per heavy atom. The Bertz CT molecular complexity index is 1070. The van der Waals surface area contributed by atoms with Crippen LogP contribution >= 0.6 is 0 Å². The van der Waals surface area contributed by atoms with E-state index in [0.717, 1.165) is 11.3 Å². The quantitative estimate of drug-likeness (QED) is 0.682. The molecule has 4 rings (SSSR count). The molecule has 8 nitrogen and oxygen atoms in total. The van der Waals surface area contributed by atoms with Gasteiger partial charge in [-0.05, 0) is 49.7 Å². The minimum absolute atomic E-state index is 0.126. The van der Waals surface area contributed by atoms with Crippen LogP contribution in [0.1, 0.15) is 32.0 Å². The fourth-order valence-electron chi connectivity index (χ4n) is 2.94. The average molecular weight is 378 g/mol. The van der Waals surface area contributed by atoms with Crippen LogP contribution in [0.25, 0.3) is 5.69 Å². The number of benzene rings is 2. The Morgan fingerprint density at radius 3 is 2.61 bits per heavy atom. The van der Waals surface area contributed by atoms with E-state index in [9.17, 15) is 9.59 Å². The fourth-order valence-corrected chi connectivity index (χ4v) is 2.94. The Morgan fingerprint density at radius 1 is 1.00 bits per heavy atom. The Kier molecular flexibility index (Phi) is 4.44. The van der Waals surface area contributed by atoms with Crippen molar-refractivity contribution in [3.8, 4) is 17.2 Å². The second-order valence-electron chi connectivity index (χ2n) is 6.37. The predicted octanol–water partition coefficient (Wildman–Crippen LogP) is 2.29. The summed E-state index contributed by atoms with van der Waals surface area (Å²) in [6, 6.07) is 12.6. The van der Waals surface area contributed by atoms with Crippen LogP contribution in [0, 0.1) is 13.8 Å². The van der Waals surface area contributed by atoms with E-state index in [2.05, 4.69) is 16.0 Å². The maximum Gasteiger partial charge on any atom is 0.273 e. The molecule has 0 spiro atoms. The van der Waals surface area contributed by atoms with Crippen LogP contribution < -0.4 is 20.3 Å². The first-order valence-corrected chi connectivity index (χ1v) is 8.65. The van der Waals surface area contributed by atoms with Crippen molar-refractivity contribution in [1.29, 1.82) is 0 Å². The molecule has 2 amide bonds. The Hall–Kier alpha value is -3.81. The number of carbonyl (C=O) groups excluding carboxylic acids is 2. The lowest BCUT2D eigenvalue weighted by atomic mass is 10.2. The van der Waals surface area contributed by atoms with Crippen molar-refractivity contribution in [2.75, 3.05) is 6.79 Å². The van der Waals surface area contributed by atoms with Gasteiger partial charge in [0.15, 0.2) is 11.5 Å². The summed E-state index contributed by atoms with van der Waals surface area (Å²) in [6.45, 7) is 3.91. The molecule has 2 heterocycles. The topological polar surface area (TPSA) is 94.5 Å². The van der Waals surface area contributed by atoms with Gasteiger partial charge in [-0.1, -0.05) is 12.1 Å². The number of aryl methyl sites for hydroxylation is 1. The van der Waals surface area contributed by atoms with E-state index in [1.54, 1.807) is 29.8 Å². The van der Waals surface area contributed by atoms with Gasteiger partial charge in [-0.25, -0.2) is 4.68 Å². The molecule has 1 aromatic heterocycles. The summed E-state index contributed by atoms with van der Waals surface area (Å²) in [4.78, 5) is 24.8. The number of hydrogen-bond acceptors (Lipinski definition) is 5. The van der Waals surface area contributed by atoms with Crippen LogP contribution in [-0.4, -0.2) is 28.4 Å². The lowest BCUT2D eigenvalue weighted by Crippen LogP contribution is -2.41. The summed E-state index contributed by atoms with van der Waals surface area (Å²) in [5.74, 6) is 0.162. The molecule has 1 aliphatic heterocycles. The average Bonchev–Trinajstić information content (AvgIpc) is 3.31. The Balaban J connectivity index is 1.45. The van der Waals surface area contributed by atoms with Crippen molar-refractivity contribution in [2.45, 2.75) is 13.8 Å². The first-order valence-electron chi connectivity index (χ1n) is 8.65. The first-order chi connectivity index (χ1) is 13.5. The van der Waals surface area contributed by atoms with Crippen molar-refractivity contribution in [3.63, 3.8) is 0 Å². The number of hydrazine groups is 1. The fraction of sp³-hybridized carbons (Fsp3) is 0.150. The molecule has 0 saturated heterocycles. The number of amides is 2. The number of hydrogen-bond donors (Lipinski definition) is 2. The zero-order valence-electron chi connectivity index (χ0n) is 15.4. The molecule has 2 N–H and O–H groups in total. The number of ether oxygens (including phenoxy) is 2. The highest BCUT2D eigenvalue weighted by molar-refractivity contribution is 5.99. The van der Waals surface area contributed by atoms with Crippen LogP contribution in [0.4, 0.5) is 0 Å². The van der Waals surface area contributed by atoms with Crippen LogP contribution in [0.3, 0.4) is 0 Å². The lowest BCUT2D eigenvalue weighted by molar-refractivity contribution is 0.0846. The van der Waals surface area contributed by atoms with Gasteiger partial charge in [0.05, 0.1) is 23.1 Å². The van der Waals surface area contributed by atoms with Crippen LogP contribution in [0.2, 0.25) is 0 Å². The van der Waals surface area contributed by atoms with Gasteiger partial charge in [-0.15, -0.1) is 0 Å². The van der Waals surface area contributed by atoms with Crippen LogP contribution in [0.15, 0.2) is 48.7 Å². The largest absolute Gasteiger partial charge is 0.454 e. The molecule has 28 heavy (non-hydrogen) atoms. The number of fused-ring (bicyclic) bond motifs is 1. The van der Waals surface area contributed by atoms with Gasteiger partial charge in [0, 0.05) is 5.56 Å². The predicted molar refractivity (Wildman–Crippen MR) is 101 cm³/mol. The molecule has 8 heteroatoms. The lowest BCUT2D eigenvalue weighted by Gasteiger charge is -2.09. The zero-order valence-corrected chi connectivity index (χ0v) is 15.4. The van der Waals surface area contributed by atoms with Crippen molar-refractivity contribution >= 4 is 11.8 Å². The smallest absolute Gasteiger partial charge is 0.273 e. The molecular weight excluding hydrogens is 360 g/mol. The third-order valence-corrected chi connectivity index (χ3v) is 4.42. The van der Waals surface area contributed by atoms with E-state index >= 15 is 0 Å². The van der Waals surface area contributed by atoms with Gasteiger partial charge in [-0.2, -0.15) is 5.10 Å². The van der Waals surface area contributed by atoms with Gasteiger partial charge >= 0.3 is 0 Å². The molecule has 3 aromatic rings. The van der Waals surface area contributed by atoms with E-state index < -0.39 is 11.8 Å². The summed E-state index contributed by atoms with van der Waals surface area (Å²) >= 11 is 0. The highest BCUT2D eigenvalue weighted by Gasteiger charge is 2.18. The zero-order chi connectivity index (χ0) is 19.7. The van der Waals surface area contributed by atoms with Crippen LogP contribution in [0.5, 0.6) is 11.5 Å². The number of nitrogens with zero attached hydrogens (tertiary/aromatic N) is 2. The summed E-state index contributed by atoms with van der Waals surface area (Å²) in [7, 11) is 0. The minimum Gasteiger partial charge on any atom is -0.454 e. The second-order valence-corrected chi connectivity index (χ2v) is 6.37. The van der Waals surface area contributed by atoms with Gasteiger partial charge in [0.25, 0.3) is 11.8 Å². The van der Waals surface area contributed by atoms with E-state index in [1.165, 1.54) is 6.20 Å². The van der Waals surface area contributed by atoms with Crippen molar-refractivity contribution in [2.24, 2.45) is 0 Å². The van der Waals surface area contributed by atoms with Gasteiger partial charge < -0.3 is 9.47 Å². The van der Waals surface area contributed by atoms with Crippen molar-refractivity contribution in [3.05, 3.63) is 71.0 Å². The molecule has 0 bridgehead atoms. The number of nitrogens with one attached hydrogen (secondary N) is 2. The van der Waals surface area contributed by atoms with Gasteiger partial charge in [0.1, 0.15) is 0 Å². The SMILES string of the molecule is Cc1cccc(-n2ncc(C(=O)NNC(=O)c3ccc4c(c3)OCO4)c2C)c1. The standard InChI is InChI=1S/C20H18N4O4/c1-12-4-3-5-15(8-12)24-13(2)16(10-21-24)20(26)23-22-19(25)14-6-7-17-18(9-14)28-11-27-17/h3-10H,11H2,1-2H3,(H,22,25)(H,23,26). The molecule has 2 aromatic carbocycles. The van der Waals surface area contributed by atoms with E-state index in [0.29, 0.717) is 28.3 Å². The van der Waals surface area contributed by atoms with E-state index in [-0.39, 0.29) is 6.79 Å².